The van der Waals surface area contributed by atoms with Crippen molar-refractivity contribution in [2.45, 2.75) is 25.2 Å². The number of rotatable bonds is 5. The number of ketones is 1. The average Bonchev–Trinajstić information content (AvgIpc) is 2.12. The van der Waals surface area contributed by atoms with Crippen molar-refractivity contribution >= 4 is 22.9 Å². The van der Waals surface area contributed by atoms with Crippen LogP contribution in [0, 0.1) is 0 Å². The van der Waals surface area contributed by atoms with Gasteiger partial charge in [-0.05, 0) is 6.92 Å². The quantitative estimate of drug-likeness (QED) is 0.391. The number of Topliss-reactive ketones (excluding diaryl/α,β-unsaturated/α-hetero) is 1. The van der Waals surface area contributed by atoms with Gasteiger partial charge in [0.25, 0.3) is 0 Å². The molecule has 13 heavy (non-hydrogen) atoms. The van der Waals surface area contributed by atoms with Crippen LogP contribution in [0.5, 0.6) is 0 Å². The summed E-state index contributed by atoms with van der Waals surface area (Å²) in [4.78, 5) is 10.3. The maximum Gasteiger partial charge on any atom is 0.169 e. The van der Waals surface area contributed by atoms with Crippen LogP contribution in [0.2, 0.25) is 0 Å². The molecule has 0 fully saturated rings. The van der Waals surface area contributed by atoms with E-state index in [1.807, 2.05) is 0 Å². The summed E-state index contributed by atoms with van der Waals surface area (Å²) < 4.78 is 0. The van der Waals surface area contributed by atoms with E-state index in [9.17, 15) is 9.90 Å². The molecule has 0 heterocycles. The molecule has 0 saturated carbocycles. The van der Waals surface area contributed by atoms with Crippen LogP contribution in [0.3, 0.4) is 0 Å². The number of aliphatic hydroxyl groups excluding tert-OH is 4. The summed E-state index contributed by atoms with van der Waals surface area (Å²) in [5, 5.41) is 35.6. The first kappa shape index (κ1) is 12.6. The standard InChI is InChI=1S/C7H12O5S/c1-3(9)7(13)6(12)5(11)4(10)2-8/h4-6,8,10-12H,2H2,1H3/t4-,5-,6-/m1/s1. The van der Waals surface area contributed by atoms with Gasteiger partial charge in [-0.2, -0.15) is 0 Å². The highest BCUT2D eigenvalue weighted by Crippen LogP contribution is 2.03. The fourth-order valence-electron chi connectivity index (χ4n) is 0.682. The third-order valence-corrected chi connectivity index (χ3v) is 2.05. The Hall–Kier alpha value is -0.400. The Bertz CT molecular complexity index is 205. The highest BCUT2D eigenvalue weighted by Gasteiger charge is 2.28. The summed E-state index contributed by atoms with van der Waals surface area (Å²) in [5.74, 6) is -0.549. The molecule has 0 radical (unpaired) electrons. The van der Waals surface area contributed by atoms with Crippen LogP contribution in [0.4, 0.5) is 0 Å². The topological polar surface area (TPSA) is 98.0 Å². The lowest BCUT2D eigenvalue weighted by Gasteiger charge is -2.20. The molecule has 0 bridgehead atoms. The van der Waals surface area contributed by atoms with Gasteiger partial charge in [-0.15, -0.1) is 0 Å². The van der Waals surface area contributed by atoms with Crippen molar-refractivity contribution in [3.63, 3.8) is 0 Å². The van der Waals surface area contributed by atoms with Gasteiger partial charge in [0.05, 0.1) is 11.5 Å². The minimum atomic E-state index is -1.64. The zero-order valence-electron chi connectivity index (χ0n) is 7.04. The second-order valence-corrected chi connectivity index (χ2v) is 3.05. The van der Waals surface area contributed by atoms with E-state index in [-0.39, 0.29) is 4.86 Å². The third kappa shape index (κ3) is 3.45. The molecule has 0 saturated heterocycles. The molecule has 0 aromatic carbocycles. The Morgan fingerprint density at radius 2 is 1.85 bits per heavy atom. The Kier molecular flexibility index (Phi) is 5.19. The van der Waals surface area contributed by atoms with E-state index in [1.165, 1.54) is 0 Å². The summed E-state index contributed by atoms with van der Waals surface area (Å²) in [7, 11) is 0. The minimum Gasteiger partial charge on any atom is -0.394 e. The molecular weight excluding hydrogens is 196 g/mol. The van der Waals surface area contributed by atoms with E-state index < -0.39 is 30.7 Å². The molecule has 5 nitrogen and oxygen atoms in total. The predicted molar refractivity (Wildman–Crippen MR) is 48.4 cm³/mol. The zero-order valence-corrected chi connectivity index (χ0v) is 7.86. The lowest BCUT2D eigenvalue weighted by atomic mass is 10.0. The number of thiocarbonyl (C=S) groups is 1. The molecule has 0 aliphatic heterocycles. The van der Waals surface area contributed by atoms with Crippen LogP contribution in [-0.2, 0) is 4.79 Å². The van der Waals surface area contributed by atoms with Gasteiger partial charge in [-0.3, -0.25) is 4.79 Å². The van der Waals surface area contributed by atoms with E-state index in [0.29, 0.717) is 0 Å². The van der Waals surface area contributed by atoms with Crippen molar-refractivity contribution in [1.82, 2.24) is 0 Å². The molecule has 0 aromatic rings. The molecule has 0 aliphatic rings. The highest BCUT2D eigenvalue weighted by atomic mass is 32.1. The van der Waals surface area contributed by atoms with Crippen LogP contribution < -0.4 is 0 Å². The van der Waals surface area contributed by atoms with Gasteiger partial charge >= 0.3 is 0 Å². The van der Waals surface area contributed by atoms with E-state index in [1.54, 1.807) is 0 Å². The van der Waals surface area contributed by atoms with Crippen molar-refractivity contribution in [2.75, 3.05) is 6.61 Å². The Labute approximate surface area is 80.6 Å². The van der Waals surface area contributed by atoms with Crippen LogP contribution in [0.15, 0.2) is 0 Å². The average molecular weight is 208 g/mol. The molecule has 0 aromatic heterocycles. The van der Waals surface area contributed by atoms with E-state index in [2.05, 4.69) is 12.2 Å². The fraction of sp³-hybridized carbons (Fsp3) is 0.714. The van der Waals surface area contributed by atoms with Crippen molar-refractivity contribution in [3.8, 4) is 0 Å². The largest absolute Gasteiger partial charge is 0.394 e. The predicted octanol–water partition coefficient (Wildman–Crippen LogP) is -1.98. The maximum absolute atomic E-state index is 10.6. The molecule has 76 valence electrons. The monoisotopic (exact) mass is 208 g/mol. The summed E-state index contributed by atoms with van der Waals surface area (Å²) >= 11 is 4.49. The summed E-state index contributed by atoms with van der Waals surface area (Å²) in [6, 6.07) is 0. The van der Waals surface area contributed by atoms with Gasteiger partial charge in [0.1, 0.15) is 18.3 Å². The molecule has 0 spiro atoms. The molecule has 0 aliphatic carbocycles. The summed E-state index contributed by atoms with van der Waals surface area (Å²) in [5.41, 5.74) is 0. The van der Waals surface area contributed by atoms with Crippen LogP contribution in [0.25, 0.3) is 0 Å². The summed E-state index contributed by atoms with van der Waals surface area (Å²) in [6.45, 7) is 0.433. The first-order chi connectivity index (χ1) is 5.91. The van der Waals surface area contributed by atoms with Crippen molar-refractivity contribution < 1.29 is 25.2 Å². The number of hydrogen-bond acceptors (Lipinski definition) is 6. The lowest BCUT2D eigenvalue weighted by molar-refractivity contribution is -0.112. The Balaban J connectivity index is 4.33. The summed E-state index contributed by atoms with van der Waals surface area (Å²) in [6.07, 6.45) is -4.76. The Morgan fingerprint density at radius 3 is 2.15 bits per heavy atom. The van der Waals surface area contributed by atoms with Gasteiger partial charge in [0.2, 0.25) is 0 Å². The molecular formula is C7H12O5S. The second-order valence-electron chi connectivity index (χ2n) is 2.61. The minimum absolute atomic E-state index is 0.361. The zero-order chi connectivity index (χ0) is 10.6. The van der Waals surface area contributed by atoms with Crippen LogP contribution in [0.1, 0.15) is 6.92 Å². The molecule has 4 N–H and O–H groups in total. The molecule has 0 rings (SSSR count). The van der Waals surface area contributed by atoms with Crippen molar-refractivity contribution in [2.24, 2.45) is 0 Å². The normalized spacial score (nSPS) is 17.6. The second kappa shape index (κ2) is 5.36. The van der Waals surface area contributed by atoms with Crippen molar-refractivity contribution in [3.05, 3.63) is 0 Å². The fourth-order valence-corrected chi connectivity index (χ4v) is 0.821. The first-order valence-electron chi connectivity index (χ1n) is 3.61. The van der Waals surface area contributed by atoms with Gasteiger partial charge in [0.15, 0.2) is 5.78 Å². The first-order valence-corrected chi connectivity index (χ1v) is 4.02. The van der Waals surface area contributed by atoms with E-state index >= 15 is 0 Å². The van der Waals surface area contributed by atoms with Gasteiger partial charge in [-0.25, -0.2) is 0 Å². The number of carbonyl (C=O) groups is 1. The maximum atomic E-state index is 10.6. The number of aliphatic hydroxyl groups is 4. The van der Waals surface area contributed by atoms with Gasteiger partial charge < -0.3 is 20.4 Å². The molecule has 0 amide bonds. The van der Waals surface area contributed by atoms with E-state index in [4.69, 9.17) is 15.3 Å². The smallest absolute Gasteiger partial charge is 0.169 e. The molecule has 6 heteroatoms. The molecule has 3 atom stereocenters. The van der Waals surface area contributed by atoms with Gasteiger partial charge in [-0.1, -0.05) is 12.2 Å². The van der Waals surface area contributed by atoms with Gasteiger partial charge in [0, 0.05) is 0 Å². The van der Waals surface area contributed by atoms with Crippen molar-refractivity contribution in [1.29, 1.82) is 0 Å². The molecule has 0 unspecified atom stereocenters. The number of carbonyl (C=O) groups excluding carboxylic acids is 1. The lowest BCUT2D eigenvalue weighted by Crippen LogP contribution is -2.45. The number of hydrogen-bond donors (Lipinski definition) is 4. The van der Waals surface area contributed by atoms with Crippen LogP contribution in [-0.4, -0.2) is 56.0 Å². The Morgan fingerprint density at radius 1 is 1.38 bits per heavy atom. The SMILES string of the molecule is CC(=O)C(=S)[C@H](O)[C@H](O)[C@H](O)CO. The van der Waals surface area contributed by atoms with Crippen LogP contribution >= 0.6 is 12.2 Å². The third-order valence-electron chi connectivity index (χ3n) is 1.52. The highest BCUT2D eigenvalue weighted by molar-refractivity contribution is 7.82. The van der Waals surface area contributed by atoms with E-state index in [0.717, 1.165) is 6.92 Å².